The Bertz CT molecular complexity index is 1590. The molecule has 0 N–H and O–H groups in total. The van der Waals surface area contributed by atoms with Crippen LogP contribution in [0.3, 0.4) is 0 Å². The first-order valence-electron chi connectivity index (χ1n) is 11.2. The van der Waals surface area contributed by atoms with Crippen LogP contribution in [-0.2, 0) is 0 Å². The van der Waals surface area contributed by atoms with Gasteiger partial charge in [-0.25, -0.2) is 0 Å². The summed E-state index contributed by atoms with van der Waals surface area (Å²) in [6.07, 6.45) is 3.36. The van der Waals surface area contributed by atoms with Gasteiger partial charge in [-0.05, 0) is 67.4 Å². The molecule has 2 heterocycles. The Hall–Kier alpha value is -4.43. The average Bonchev–Trinajstić information content (AvgIpc) is 2.90. The lowest BCUT2D eigenvalue weighted by Crippen LogP contribution is -1.91. The summed E-state index contributed by atoms with van der Waals surface area (Å²) in [5.74, 6) is 2.54. The van der Waals surface area contributed by atoms with Crippen LogP contribution in [0.4, 0.5) is 5.69 Å². The van der Waals surface area contributed by atoms with Gasteiger partial charge in [0.15, 0.2) is 11.5 Å². The summed E-state index contributed by atoms with van der Waals surface area (Å²) < 4.78 is 16.2. The molecular formula is C28H24ClN3O5. The highest BCUT2D eigenvalue weighted by Gasteiger charge is 2.10. The third kappa shape index (κ3) is 5.70. The van der Waals surface area contributed by atoms with Gasteiger partial charge in [0.25, 0.3) is 5.69 Å². The minimum absolute atomic E-state index is 0.0402. The first-order valence-corrected chi connectivity index (χ1v) is 11.6. The van der Waals surface area contributed by atoms with E-state index in [0.717, 1.165) is 27.4 Å². The highest BCUT2D eigenvalue weighted by Crippen LogP contribution is 2.34. The summed E-state index contributed by atoms with van der Waals surface area (Å²) in [5.41, 5.74) is 4.03. The number of hydrogen-bond acceptors (Lipinski definition) is 7. The largest absolute Gasteiger partial charge is 0.493 e. The van der Waals surface area contributed by atoms with Gasteiger partial charge in [-0.1, -0.05) is 11.6 Å². The van der Waals surface area contributed by atoms with E-state index in [1.807, 2.05) is 32.0 Å². The summed E-state index contributed by atoms with van der Waals surface area (Å²) >= 11 is 6.05. The number of hydrogen-bond donors (Lipinski definition) is 0. The van der Waals surface area contributed by atoms with Gasteiger partial charge in [0.1, 0.15) is 11.5 Å². The number of nitro groups is 1. The van der Waals surface area contributed by atoms with E-state index in [4.69, 9.17) is 25.8 Å². The molecule has 0 fully saturated rings. The highest BCUT2D eigenvalue weighted by atomic mass is 35.5. The Labute approximate surface area is 218 Å². The Morgan fingerprint density at radius 2 is 1.35 bits per heavy atom. The number of nitrogens with zero attached hydrogens (tertiary/aromatic N) is 3. The molecule has 0 aliphatic carbocycles. The molecule has 0 radical (unpaired) electrons. The summed E-state index contributed by atoms with van der Waals surface area (Å²) in [7, 11) is 3.18. The molecule has 0 amide bonds. The predicted octanol–water partition coefficient (Wildman–Crippen LogP) is 7.46. The number of rotatable bonds is 5. The number of nitro benzene ring substituents is 1. The van der Waals surface area contributed by atoms with Crippen LogP contribution in [0.15, 0.2) is 73.1 Å². The Morgan fingerprint density at radius 1 is 0.757 bits per heavy atom. The van der Waals surface area contributed by atoms with E-state index in [2.05, 4.69) is 9.97 Å². The van der Waals surface area contributed by atoms with Crippen LogP contribution >= 0.6 is 11.6 Å². The first-order chi connectivity index (χ1) is 17.8. The van der Waals surface area contributed by atoms with Crippen molar-refractivity contribution < 1.29 is 19.1 Å². The minimum Gasteiger partial charge on any atom is -0.493 e. The third-order valence-corrected chi connectivity index (χ3v) is 6.12. The fourth-order valence-corrected chi connectivity index (χ4v) is 3.88. The van der Waals surface area contributed by atoms with Crippen molar-refractivity contribution >= 4 is 39.1 Å². The average molecular weight is 518 g/mol. The van der Waals surface area contributed by atoms with Gasteiger partial charge in [0.05, 0.1) is 35.2 Å². The van der Waals surface area contributed by atoms with Gasteiger partial charge < -0.3 is 14.2 Å². The van der Waals surface area contributed by atoms with E-state index in [1.165, 1.54) is 17.7 Å². The zero-order chi connectivity index (χ0) is 26.5. The van der Waals surface area contributed by atoms with Gasteiger partial charge >= 0.3 is 0 Å². The lowest BCUT2D eigenvalue weighted by Gasteiger charge is -2.10. The maximum absolute atomic E-state index is 10.7. The van der Waals surface area contributed by atoms with E-state index in [-0.39, 0.29) is 5.69 Å². The fourth-order valence-electron chi connectivity index (χ4n) is 3.67. The molecular weight excluding hydrogens is 494 g/mol. The third-order valence-electron chi connectivity index (χ3n) is 5.79. The smallest absolute Gasteiger partial charge is 0.269 e. The van der Waals surface area contributed by atoms with E-state index >= 15 is 0 Å². The van der Waals surface area contributed by atoms with Crippen molar-refractivity contribution in [3.05, 3.63) is 99.3 Å². The predicted molar refractivity (Wildman–Crippen MR) is 144 cm³/mol. The molecule has 0 aliphatic rings. The molecule has 0 unspecified atom stereocenters. The van der Waals surface area contributed by atoms with Crippen LogP contribution in [0.1, 0.15) is 11.1 Å². The monoisotopic (exact) mass is 517 g/mol. The quantitative estimate of drug-likeness (QED) is 0.176. The van der Waals surface area contributed by atoms with Crippen LogP contribution in [0.2, 0.25) is 5.02 Å². The number of pyridine rings is 2. The number of aryl methyl sites for hydroxylation is 2. The number of methoxy groups -OCH3 is 2. The standard InChI is InChI=1S/C17H14N2O3.C11H10ClNO2/c1-11-9-15-16(10-12(11)2)18-8-7-17(15)22-14-5-3-13(4-6-14)19(20)21;1-14-10-5-7-8(12)3-4-13-9(7)6-11(10)15-2/h3-10H,1-2H3;3-6H,1-2H3. The molecule has 9 heteroatoms. The second-order valence-electron chi connectivity index (χ2n) is 8.13. The van der Waals surface area contributed by atoms with E-state index in [1.54, 1.807) is 56.9 Å². The number of non-ortho nitro benzene ring substituents is 1. The lowest BCUT2D eigenvalue weighted by molar-refractivity contribution is -0.384. The van der Waals surface area contributed by atoms with Gasteiger partial charge in [-0.15, -0.1) is 0 Å². The van der Waals surface area contributed by atoms with E-state index in [0.29, 0.717) is 28.0 Å². The number of ether oxygens (including phenoxy) is 3. The molecule has 0 aliphatic heterocycles. The molecule has 37 heavy (non-hydrogen) atoms. The zero-order valence-electron chi connectivity index (χ0n) is 20.7. The molecule has 5 aromatic rings. The number of halogens is 1. The summed E-state index contributed by atoms with van der Waals surface area (Å²) in [4.78, 5) is 18.8. The van der Waals surface area contributed by atoms with Crippen LogP contribution in [0, 0.1) is 24.0 Å². The van der Waals surface area contributed by atoms with Crippen molar-refractivity contribution in [2.75, 3.05) is 14.2 Å². The first kappa shape index (κ1) is 25.7. The molecule has 188 valence electrons. The van der Waals surface area contributed by atoms with Gasteiger partial charge in [-0.3, -0.25) is 20.1 Å². The Balaban J connectivity index is 0.000000186. The molecule has 2 aromatic heterocycles. The van der Waals surface area contributed by atoms with Crippen molar-refractivity contribution in [2.24, 2.45) is 0 Å². The number of benzene rings is 3. The summed E-state index contributed by atoms with van der Waals surface area (Å²) in [6, 6.07) is 17.3. The zero-order valence-corrected chi connectivity index (χ0v) is 21.4. The molecule has 0 spiro atoms. The fraction of sp³-hybridized carbons (Fsp3) is 0.143. The lowest BCUT2D eigenvalue weighted by atomic mass is 10.1. The normalized spacial score (nSPS) is 10.5. The minimum atomic E-state index is -0.433. The van der Waals surface area contributed by atoms with E-state index in [9.17, 15) is 10.1 Å². The number of aromatic nitrogens is 2. The topological polar surface area (TPSA) is 96.6 Å². The SMILES string of the molecule is COc1cc2nccc(Cl)c2cc1OC.Cc1cc2nccc(Oc3ccc([N+](=O)[O-])cc3)c2cc1C. The number of fused-ring (bicyclic) bond motifs is 2. The molecule has 0 bridgehead atoms. The second-order valence-corrected chi connectivity index (χ2v) is 8.54. The van der Waals surface area contributed by atoms with Crippen LogP contribution in [-0.4, -0.2) is 29.1 Å². The maximum atomic E-state index is 10.7. The van der Waals surface area contributed by atoms with Crippen molar-refractivity contribution in [3.63, 3.8) is 0 Å². The van der Waals surface area contributed by atoms with Crippen LogP contribution in [0.5, 0.6) is 23.0 Å². The second kappa shape index (κ2) is 11.1. The van der Waals surface area contributed by atoms with Crippen LogP contribution in [0.25, 0.3) is 21.8 Å². The molecule has 0 saturated carbocycles. The Kier molecular flexibility index (Phi) is 7.69. The molecule has 8 nitrogen and oxygen atoms in total. The van der Waals surface area contributed by atoms with E-state index < -0.39 is 4.92 Å². The summed E-state index contributed by atoms with van der Waals surface area (Å²) in [6.45, 7) is 4.08. The van der Waals surface area contributed by atoms with Gasteiger partial charge in [0, 0.05) is 41.4 Å². The molecule has 3 aromatic carbocycles. The summed E-state index contributed by atoms with van der Waals surface area (Å²) in [5, 5.41) is 13.1. The van der Waals surface area contributed by atoms with Crippen molar-refractivity contribution in [1.82, 2.24) is 9.97 Å². The van der Waals surface area contributed by atoms with Crippen LogP contribution < -0.4 is 14.2 Å². The molecule has 0 atom stereocenters. The Morgan fingerprint density at radius 3 is 2.00 bits per heavy atom. The molecule has 5 rings (SSSR count). The highest BCUT2D eigenvalue weighted by molar-refractivity contribution is 6.35. The van der Waals surface area contributed by atoms with Crippen molar-refractivity contribution in [3.8, 4) is 23.0 Å². The van der Waals surface area contributed by atoms with Crippen molar-refractivity contribution in [2.45, 2.75) is 13.8 Å². The van der Waals surface area contributed by atoms with Gasteiger partial charge in [-0.2, -0.15) is 0 Å². The maximum Gasteiger partial charge on any atom is 0.269 e. The van der Waals surface area contributed by atoms with Gasteiger partial charge in [0.2, 0.25) is 0 Å². The van der Waals surface area contributed by atoms with Crippen molar-refractivity contribution in [1.29, 1.82) is 0 Å². The molecule has 0 saturated heterocycles.